The molecule has 1 amide bonds. The smallest absolute Gasteiger partial charge is 0.260 e. The lowest BCUT2D eigenvalue weighted by Gasteiger charge is -2.26. The molecule has 0 saturated carbocycles. The summed E-state index contributed by atoms with van der Waals surface area (Å²) in [7, 11) is 1.56. The standard InChI is InChI=1S/C21H24ClN3O4/c1-15-3-5-17(12-18(15)22)24-23-13-16-4-6-19(20(11-16)27-2)29-14-21(26)25-7-9-28-10-8-25/h3-6,11-13,24H,7-10,14H2,1-2H3/b23-13+. The fourth-order valence-electron chi connectivity index (χ4n) is 2.77. The molecular weight excluding hydrogens is 394 g/mol. The van der Waals surface area contributed by atoms with Gasteiger partial charge < -0.3 is 19.1 Å². The van der Waals surface area contributed by atoms with Crippen LogP contribution in [-0.4, -0.2) is 57.0 Å². The lowest BCUT2D eigenvalue weighted by molar-refractivity contribution is -0.137. The Bertz CT molecular complexity index is 882. The third-order valence-corrected chi connectivity index (χ3v) is 4.89. The zero-order valence-corrected chi connectivity index (χ0v) is 17.2. The third-order valence-electron chi connectivity index (χ3n) is 4.48. The molecule has 1 saturated heterocycles. The number of carbonyl (C=O) groups is 1. The molecule has 0 radical (unpaired) electrons. The fraction of sp³-hybridized carbons (Fsp3) is 0.333. The Morgan fingerprint density at radius 1 is 1.24 bits per heavy atom. The van der Waals surface area contributed by atoms with E-state index in [1.807, 2.05) is 31.2 Å². The maximum atomic E-state index is 12.2. The van der Waals surface area contributed by atoms with Crippen LogP contribution in [0, 0.1) is 6.92 Å². The van der Waals surface area contributed by atoms with Crippen molar-refractivity contribution < 1.29 is 19.0 Å². The molecule has 1 heterocycles. The summed E-state index contributed by atoms with van der Waals surface area (Å²) in [4.78, 5) is 14.0. The monoisotopic (exact) mass is 417 g/mol. The fourth-order valence-corrected chi connectivity index (χ4v) is 2.95. The van der Waals surface area contributed by atoms with Gasteiger partial charge in [0.15, 0.2) is 18.1 Å². The van der Waals surface area contributed by atoms with E-state index >= 15 is 0 Å². The number of carbonyl (C=O) groups excluding carboxylic acids is 1. The molecule has 1 N–H and O–H groups in total. The number of hydrogen-bond acceptors (Lipinski definition) is 6. The summed E-state index contributed by atoms with van der Waals surface area (Å²) in [5, 5.41) is 4.90. The number of benzene rings is 2. The van der Waals surface area contributed by atoms with Gasteiger partial charge in [-0.3, -0.25) is 10.2 Å². The molecule has 3 rings (SSSR count). The zero-order valence-electron chi connectivity index (χ0n) is 16.5. The number of aryl methyl sites for hydroxylation is 1. The molecule has 8 heteroatoms. The van der Waals surface area contributed by atoms with Gasteiger partial charge in [-0.05, 0) is 48.4 Å². The van der Waals surface area contributed by atoms with Gasteiger partial charge in [0.1, 0.15) is 0 Å². The maximum absolute atomic E-state index is 12.2. The van der Waals surface area contributed by atoms with Crippen molar-refractivity contribution in [2.24, 2.45) is 5.10 Å². The number of nitrogens with one attached hydrogen (secondary N) is 1. The molecule has 0 aromatic heterocycles. The Kier molecular flexibility index (Phi) is 7.32. The molecule has 29 heavy (non-hydrogen) atoms. The Labute approximate surface area is 175 Å². The number of halogens is 1. The second-order valence-electron chi connectivity index (χ2n) is 6.53. The first-order chi connectivity index (χ1) is 14.1. The molecule has 1 fully saturated rings. The lowest BCUT2D eigenvalue weighted by Crippen LogP contribution is -2.43. The van der Waals surface area contributed by atoms with Crippen molar-refractivity contribution in [1.29, 1.82) is 0 Å². The summed E-state index contributed by atoms with van der Waals surface area (Å²) in [6.07, 6.45) is 1.67. The summed E-state index contributed by atoms with van der Waals surface area (Å²) < 4.78 is 16.3. The molecule has 0 atom stereocenters. The quantitative estimate of drug-likeness (QED) is 0.552. The predicted molar refractivity (Wildman–Crippen MR) is 113 cm³/mol. The normalized spacial score (nSPS) is 14.1. The number of methoxy groups -OCH3 is 1. The van der Waals surface area contributed by atoms with E-state index in [-0.39, 0.29) is 12.5 Å². The van der Waals surface area contributed by atoms with Crippen LogP contribution < -0.4 is 14.9 Å². The summed E-state index contributed by atoms with van der Waals surface area (Å²) in [5.41, 5.74) is 5.57. The average Bonchev–Trinajstić information content (AvgIpc) is 2.75. The first-order valence-corrected chi connectivity index (χ1v) is 9.66. The highest BCUT2D eigenvalue weighted by molar-refractivity contribution is 6.31. The van der Waals surface area contributed by atoms with Crippen LogP contribution in [-0.2, 0) is 9.53 Å². The van der Waals surface area contributed by atoms with E-state index in [0.29, 0.717) is 42.8 Å². The molecule has 7 nitrogen and oxygen atoms in total. The van der Waals surface area contributed by atoms with Gasteiger partial charge in [-0.25, -0.2) is 0 Å². The van der Waals surface area contributed by atoms with Crippen LogP contribution in [0.15, 0.2) is 41.5 Å². The lowest BCUT2D eigenvalue weighted by atomic mass is 10.2. The van der Waals surface area contributed by atoms with E-state index in [0.717, 1.165) is 16.8 Å². The van der Waals surface area contributed by atoms with Crippen molar-refractivity contribution in [1.82, 2.24) is 4.90 Å². The van der Waals surface area contributed by atoms with Gasteiger partial charge in [0, 0.05) is 18.1 Å². The van der Waals surface area contributed by atoms with Gasteiger partial charge in [-0.2, -0.15) is 5.10 Å². The second-order valence-corrected chi connectivity index (χ2v) is 6.93. The molecule has 2 aromatic rings. The molecule has 1 aliphatic rings. The van der Waals surface area contributed by atoms with Gasteiger partial charge in [-0.1, -0.05) is 17.7 Å². The van der Waals surface area contributed by atoms with Crippen LogP contribution in [0.5, 0.6) is 11.5 Å². The molecule has 154 valence electrons. The van der Waals surface area contributed by atoms with Crippen molar-refractivity contribution in [3.8, 4) is 11.5 Å². The highest BCUT2D eigenvalue weighted by Crippen LogP contribution is 2.27. The second kappa shape index (κ2) is 10.1. The Morgan fingerprint density at radius 2 is 2.03 bits per heavy atom. The summed E-state index contributed by atoms with van der Waals surface area (Å²) in [6.45, 7) is 4.21. The zero-order chi connectivity index (χ0) is 20.6. The van der Waals surface area contributed by atoms with Crippen molar-refractivity contribution in [2.45, 2.75) is 6.92 Å². The highest BCUT2D eigenvalue weighted by Gasteiger charge is 2.18. The van der Waals surface area contributed by atoms with E-state index in [2.05, 4.69) is 10.5 Å². The van der Waals surface area contributed by atoms with Gasteiger partial charge >= 0.3 is 0 Å². The minimum absolute atomic E-state index is 0.0421. The maximum Gasteiger partial charge on any atom is 0.260 e. The number of rotatable bonds is 7. The number of anilines is 1. The number of morpholine rings is 1. The SMILES string of the molecule is COc1cc(/C=N/Nc2ccc(C)c(Cl)c2)ccc1OCC(=O)N1CCOCC1. The van der Waals surface area contributed by atoms with Gasteiger partial charge in [-0.15, -0.1) is 0 Å². The minimum Gasteiger partial charge on any atom is -0.493 e. The first kappa shape index (κ1) is 21.0. The Morgan fingerprint density at radius 3 is 2.76 bits per heavy atom. The van der Waals surface area contributed by atoms with Crippen LogP contribution in [0.4, 0.5) is 5.69 Å². The van der Waals surface area contributed by atoms with Gasteiger partial charge in [0.05, 0.1) is 32.2 Å². The van der Waals surface area contributed by atoms with Crippen molar-refractivity contribution >= 4 is 29.4 Å². The van der Waals surface area contributed by atoms with E-state index in [9.17, 15) is 4.79 Å². The first-order valence-electron chi connectivity index (χ1n) is 9.28. The van der Waals surface area contributed by atoms with Gasteiger partial charge in [0.2, 0.25) is 0 Å². The van der Waals surface area contributed by atoms with Crippen LogP contribution in [0.3, 0.4) is 0 Å². The van der Waals surface area contributed by atoms with E-state index in [1.54, 1.807) is 30.4 Å². The topological polar surface area (TPSA) is 72.4 Å². The summed E-state index contributed by atoms with van der Waals surface area (Å²) >= 11 is 6.11. The molecule has 1 aliphatic heterocycles. The van der Waals surface area contributed by atoms with Gasteiger partial charge in [0.25, 0.3) is 5.91 Å². The van der Waals surface area contributed by atoms with E-state index in [1.165, 1.54) is 0 Å². The summed E-state index contributed by atoms with van der Waals surface area (Å²) in [5.74, 6) is 0.966. The van der Waals surface area contributed by atoms with Crippen LogP contribution in [0.1, 0.15) is 11.1 Å². The van der Waals surface area contributed by atoms with Crippen molar-refractivity contribution in [2.75, 3.05) is 45.4 Å². The van der Waals surface area contributed by atoms with Crippen LogP contribution in [0.2, 0.25) is 5.02 Å². The highest BCUT2D eigenvalue weighted by atomic mass is 35.5. The van der Waals surface area contributed by atoms with Crippen LogP contribution in [0.25, 0.3) is 0 Å². The van der Waals surface area contributed by atoms with Crippen molar-refractivity contribution in [3.05, 3.63) is 52.5 Å². The molecule has 0 spiro atoms. The number of amides is 1. The largest absolute Gasteiger partial charge is 0.493 e. The number of nitrogens with zero attached hydrogens (tertiary/aromatic N) is 2. The molecular formula is C21H24ClN3O4. The molecule has 0 bridgehead atoms. The number of ether oxygens (including phenoxy) is 3. The number of hydrazone groups is 1. The van der Waals surface area contributed by atoms with Crippen LogP contribution >= 0.6 is 11.6 Å². The third kappa shape index (κ3) is 5.85. The van der Waals surface area contributed by atoms with E-state index < -0.39 is 0 Å². The molecule has 0 unspecified atom stereocenters. The Balaban J connectivity index is 1.58. The Hall–Kier alpha value is -2.77. The minimum atomic E-state index is -0.0676. The van der Waals surface area contributed by atoms with Crippen molar-refractivity contribution in [3.63, 3.8) is 0 Å². The molecule has 2 aromatic carbocycles. The predicted octanol–water partition coefficient (Wildman–Crippen LogP) is 3.34. The average molecular weight is 418 g/mol. The summed E-state index contributed by atoms with van der Waals surface area (Å²) in [6, 6.07) is 11.0. The van der Waals surface area contributed by atoms with E-state index in [4.69, 9.17) is 25.8 Å². The number of hydrogen-bond donors (Lipinski definition) is 1. The molecule has 0 aliphatic carbocycles.